The minimum atomic E-state index is -0.201. The maximum Gasteiger partial charge on any atom is 0.316 e. The van der Waals surface area contributed by atoms with E-state index in [4.69, 9.17) is 0 Å². The lowest BCUT2D eigenvalue weighted by Crippen LogP contribution is -2.05. The summed E-state index contributed by atoms with van der Waals surface area (Å²) in [7, 11) is 1.17. The van der Waals surface area contributed by atoms with Gasteiger partial charge in [0.25, 0.3) is 0 Å². The Labute approximate surface area is 57.8 Å². The minimum absolute atomic E-state index is 0.201. The molecule has 0 atom stereocenters. The molecule has 8 heavy (non-hydrogen) atoms. The molecule has 0 saturated heterocycles. The monoisotopic (exact) mass is 152 g/mol. The second-order valence-electron chi connectivity index (χ2n) is 1.08. The van der Waals surface area contributed by atoms with Crippen LogP contribution >= 0.6 is 22.5 Å². The van der Waals surface area contributed by atoms with Crippen LogP contribution in [0.15, 0.2) is 0 Å². The Morgan fingerprint density at radius 1 is 1.88 bits per heavy atom. The van der Waals surface area contributed by atoms with E-state index in [1.807, 2.05) is 0 Å². The van der Waals surface area contributed by atoms with Crippen molar-refractivity contribution in [1.82, 2.24) is 0 Å². The number of carbonyl (C=O) groups excluding carboxylic acids is 1. The maximum atomic E-state index is 10.4. The van der Waals surface area contributed by atoms with Gasteiger partial charge in [0.2, 0.25) is 0 Å². The van der Waals surface area contributed by atoms with E-state index in [1.54, 1.807) is 6.92 Å². The molecule has 0 radical (unpaired) electrons. The highest BCUT2D eigenvalue weighted by atomic mass is 33.1. The fourth-order valence-electron chi connectivity index (χ4n) is 0.255. The van der Waals surface area contributed by atoms with Crippen molar-refractivity contribution in [3.05, 3.63) is 0 Å². The quantitative estimate of drug-likeness (QED) is 0.373. The third-order valence-corrected chi connectivity index (χ3v) is 1.24. The molecule has 0 aliphatic heterocycles. The molecule has 0 saturated carbocycles. The van der Waals surface area contributed by atoms with E-state index in [-0.39, 0.29) is 5.97 Å². The predicted octanol–water partition coefficient (Wildman–Crippen LogP) is 1.13. The third-order valence-electron chi connectivity index (χ3n) is 0.488. The van der Waals surface area contributed by atoms with Gasteiger partial charge in [-0.2, -0.15) is 0 Å². The van der Waals surface area contributed by atoms with Gasteiger partial charge in [-0.1, -0.05) is 10.8 Å². The topological polar surface area (TPSA) is 26.3 Å². The molecule has 48 valence electrons. The van der Waals surface area contributed by atoms with E-state index >= 15 is 0 Å². The van der Waals surface area contributed by atoms with E-state index in [0.717, 1.165) is 0 Å². The summed E-state index contributed by atoms with van der Waals surface area (Å²) in [6, 6.07) is 0. The molecule has 0 rings (SSSR count). The van der Waals surface area contributed by atoms with Gasteiger partial charge < -0.3 is 4.74 Å². The van der Waals surface area contributed by atoms with Crippen molar-refractivity contribution in [2.75, 3.05) is 12.4 Å². The van der Waals surface area contributed by atoms with Crippen LogP contribution in [-0.2, 0) is 9.53 Å². The fourth-order valence-corrected chi connectivity index (χ4v) is 0.760. The third kappa shape index (κ3) is 4.33. The van der Waals surface area contributed by atoms with Gasteiger partial charge in [-0.15, -0.1) is 11.7 Å². The van der Waals surface area contributed by atoms with Crippen LogP contribution < -0.4 is 0 Å². The zero-order valence-electron chi connectivity index (χ0n) is 4.59. The van der Waals surface area contributed by atoms with Gasteiger partial charge in [0, 0.05) is 0 Å². The molecule has 0 aliphatic carbocycles. The van der Waals surface area contributed by atoms with Crippen molar-refractivity contribution in [1.29, 1.82) is 0 Å². The van der Waals surface area contributed by atoms with Crippen LogP contribution in [0.1, 0.15) is 6.92 Å². The second-order valence-corrected chi connectivity index (χ2v) is 2.40. The number of thiol groups is 1. The van der Waals surface area contributed by atoms with Crippen molar-refractivity contribution >= 4 is 28.4 Å². The highest BCUT2D eigenvalue weighted by molar-refractivity contribution is 8.68. The van der Waals surface area contributed by atoms with Gasteiger partial charge in [-0.25, -0.2) is 0 Å². The lowest BCUT2D eigenvalue weighted by atomic mass is 10.8. The summed E-state index contributed by atoms with van der Waals surface area (Å²) in [6.07, 6.45) is 0. The SMILES string of the molecule is CCOC(=O)CSS. The standard InChI is InChI=1S/C4H8O2S2/c1-2-6-4(5)3-8-7/h7H,2-3H2,1H3. The zero-order chi connectivity index (χ0) is 6.41. The number of hydrogen-bond donors (Lipinski definition) is 1. The van der Waals surface area contributed by atoms with Crippen molar-refractivity contribution < 1.29 is 9.53 Å². The molecule has 2 nitrogen and oxygen atoms in total. The van der Waals surface area contributed by atoms with Crippen molar-refractivity contribution in [2.45, 2.75) is 6.92 Å². The van der Waals surface area contributed by atoms with Crippen LogP contribution in [0.3, 0.4) is 0 Å². The summed E-state index contributed by atoms with van der Waals surface area (Å²) in [4.78, 5) is 10.4. The Morgan fingerprint density at radius 3 is 2.88 bits per heavy atom. The van der Waals surface area contributed by atoms with E-state index in [2.05, 4.69) is 16.4 Å². The van der Waals surface area contributed by atoms with Gasteiger partial charge in [-0.3, -0.25) is 4.79 Å². The van der Waals surface area contributed by atoms with Crippen LogP contribution in [0.5, 0.6) is 0 Å². The summed E-state index contributed by atoms with van der Waals surface area (Å²) in [6.45, 7) is 2.23. The Hall–Kier alpha value is 0.170. The molecule has 0 fully saturated rings. The van der Waals surface area contributed by atoms with Crippen molar-refractivity contribution in [2.24, 2.45) is 0 Å². The molecule has 0 spiro atoms. The Morgan fingerprint density at radius 2 is 2.50 bits per heavy atom. The van der Waals surface area contributed by atoms with Gasteiger partial charge in [0.15, 0.2) is 0 Å². The molecule has 0 heterocycles. The predicted molar refractivity (Wildman–Crippen MR) is 38.1 cm³/mol. The molecule has 0 aromatic carbocycles. The molecular weight excluding hydrogens is 144 g/mol. The summed E-state index contributed by atoms with van der Waals surface area (Å²) in [5.41, 5.74) is 0. The normalized spacial score (nSPS) is 8.75. The molecule has 0 aliphatic rings. The smallest absolute Gasteiger partial charge is 0.316 e. The summed E-state index contributed by atoms with van der Waals surface area (Å²) in [5.74, 6) is 0.129. The van der Waals surface area contributed by atoms with E-state index in [0.29, 0.717) is 12.4 Å². The van der Waals surface area contributed by atoms with Crippen molar-refractivity contribution in [3.63, 3.8) is 0 Å². The average molecular weight is 152 g/mol. The number of ether oxygens (including phenoxy) is 1. The van der Waals surface area contributed by atoms with Crippen LogP contribution in [0.25, 0.3) is 0 Å². The van der Waals surface area contributed by atoms with E-state index < -0.39 is 0 Å². The summed E-state index contributed by atoms with van der Waals surface area (Å²) in [5, 5.41) is 0. The first-order valence-electron chi connectivity index (χ1n) is 2.23. The average Bonchev–Trinajstić information content (AvgIpc) is 1.68. The van der Waals surface area contributed by atoms with Crippen LogP contribution in [0.4, 0.5) is 0 Å². The lowest BCUT2D eigenvalue weighted by molar-refractivity contribution is -0.139. The molecule has 4 heteroatoms. The first-order chi connectivity index (χ1) is 3.81. The second kappa shape index (κ2) is 5.31. The number of rotatable bonds is 3. The van der Waals surface area contributed by atoms with Gasteiger partial charge in [0.1, 0.15) is 5.75 Å². The molecule has 0 aromatic heterocycles. The molecular formula is C4H8O2S2. The van der Waals surface area contributed by atoms with Crippen LogP contribution in [0, 0.1) is 0 Å². The van der Waals surface area contributed by atoms with Crippen molar-refractivity contribution in [3.8, 4) is 0 Å². The molecule has 0 aromatic rings. The Balaban J connectivity index is 3.06. The molecule has 0 N–H and O–H groups in total. The minimum Gasteiger partial charge on any atom is -0.465 e. The maximum absolute atomic E-state index is 10.4. The van der Waals surface area contributed by atoms with Gasteiger partial charge in [-0.05, 0) is 6.92 Å². The number of carbonyl (C=O) groups is 1. The highest BCUT2D eigenvalue weighted by Gasteiger charge is 1.96. The first-order valence-corrected chi connectivity index (χ1v) is 4.27. The Bertz CT molecular complexity index is 66.4. The molecule has 0 unspecified atom stereocenters. The first kappa shape index (κ1) is 8.17. The molecule has 0 amide bonds. The van der Waals surface area contributed by atoms with Crippen LogP contribution in [-0.4, -0.2) is 18.3 Å². The zero-order valence-corrected chi connectivity index (χ0v) is 6.30. The Kier molecular flexibility index (Phi) is 5.42. The largest absolute Gasteiger partial charge is 0.465 e. The van der Waals surface area contributed by atoms with E-state index in [1.165, 1.54) is 10.8 Å². The highest BCUT2D eigenvalue weighted by Crippen LogP contribution is 2.03. The summed E-state index contributed by atoms with van der Waals surface area (Å²) < 4.78 is 4.57. The van der Waals surface area contributed by atoms with Gasteiger partial charge in [0.05, 0.1) is 6.61 Å². The van der Waals surface area contributed by atoms with Gasteiger partial charge >= 0.3 is 5.97 Å². The summed E-state index contributed by atoms with van der Waals surface area (Å²) >= 11 is 3.77. The molecule has 0 bridgehead atoms. The van der Waals surface area contributed by atoms with E-state index in [9.17, 15) is 4.79 Å². The number of esters is 1. The lowest BCUT2D eigenvalue weighted by Gasteiger charge is -1.95. The number of hydrogen-bond acceptors (Lipinski definition) is 4. The fraction of sp³-hybridized carbons (Fsp3) is 0.750. The van der Waals surface area contributed by atoms with Crippen LogP contribution in [0.2, 0.25) is 0 Å².